The molecule has 24 heavy (non-hydrogen) atoms. The van der Waals surface area contributed by atoms with Crippen molar-refractivity contribution in [3.05, 3.63) is 48.0 Å². The van der Waals surface area contributed by atoms with Crippen LogP contribution in [0, 0.1) is 5.92 Å². The van der Waals surface area contributed by atoms with Crippen molar-refractivity contribution in [3.8, 4) is 0 Å². The zero-order valence-electron chi connectivity index (χ0n) is 13.7. The number of aliphatic carboxylic acids is 1. The fourth-order valence-corrected chi connectivity index (χ4v) is 3.20. The van der Waals surface area contributed by atoms with Gasteiger partial charge in [-0.25, -0.2) is 4.79 Å². The molecule has 126 valence electrons. The molecule has 0 bridgehead atoms. The molecule has 0 spiro atoms. The molecule has 2 aromatic rings. The molecule has 1 aliphatic heterocycles. The molecule has 2 N–H and O–H groups in total. The molecule has 3 rings (SSSR count). The molecule has 0 aliphatic carbocycles. The quantitative estimate of drug-likeness (QED) is 0.908. The molecular formula is C19H22N2O3. The molecular weight excluding hydrogens is 304 g/mol. The van der Waals surface area contributed by atoms with Crippen LogP contribution in [-0.2, 0) is 4.79 Å². The highest BCUT2D eigenvalue weighted by Gasteiger charge is 2.28. The zero-order valence-corrected chi connectivity index (χ0v) is 13.7. The molecule has 5 nitrogen and oxygen atoms in total. The molecule has 2 unspecified atom stereocenters. The average Bonchev–Trinajstić information content (AvgIpc) is 2.61. The van der Waals surface area contributed by atoms with Gasteiger partial charge in [-0.3, -0.25) is 4.79 Å². The first-order valence-corrected chi connectivity index (χ1v) is 8.31. The normalized spacial score (nSPS) is 19.0. The van der Waals surface area contributed by atoms with E-state index in [0.717, 1.165) is 17.4 Å². The largest absolute Gasteiger partial charge is 0.481 e. The van der Waals surface area contributed by atoms with E-state index in [1.807, 2.05) is 25.1 Å². The Labute approximate surface area is 141 Å². The number of carbonyl (C=O) groups is 2. The summed E-state index contributed by atoms with van der Waals surface area (Å²) in [5.74, 6) is -1.28. The number of hydrogen-bond donors (Lipinski definition) is 2. The number of benzene rings is 2. The van der Waals surface area contributed by atoms with E-state index in [1.165, 1.54) is 5.39 Å². The summed E-state index contributed by atoms with van der Waals surface area (Å²) in [6.45, 7) is 2.84. The summed E-state index contributed by atoms with van der Waals surface area (Å²) in [5, 5.41) is 14.4. The Morgan fingerprint density at radius 2 is 1.96 bits per heavy atom. The van der Waals surface area contributed by atoms with Crippen LogP contribution < -0.4 is 5.32 Å². The van der Waals surface area contributed by atoms with Crippen molar-refractivity contribution in [1.29, 1.82) is 0 Å². The maximum atomic E-state index is 12.4. The van der Waals surface area contributed by atoms with E-state index in [1.54, 1.807) is 4.90 Å². The van der Waals surface area contributed by atoms with Crippen LogP contribution in [0.3, 0.4) is 0 Å². The average molecular weight is 326 g/mol. The number of nitrogens with one attached hydrogen (secondary N) is 1. The first-order chi connectivity index (χ1) is 11.5. The second-order valence-electron chi connectivity index (χ2n) is 6.40. The van der Waals surface area contributed by atoms with Crippen molar-refractivity contribution in [3.63, 3.8) is 0 Å². The number of amides is 2. The van der Waals surface area contributed by atoms with E-state index in [-0.39, 0.29) is 18.6 Å². The van der Waals surface area contributed by atoms with E-state index >= 15 is 0 Å². The Kier molecular flexibility index (Phi) is 4.69. The molecule has 2 atom stereocenters. The maximum absolute atomic E-state index is 12.4. The Hall–Kier alpha value is -2.56. The minimum atomic E-state index is -0.824. The standard InChI is InChI=1S/C19H22N2O3/c1-13(15-9-8-14-5-2-3-6-16(14)11-15)20-19(24)21-10-4-7-17(12-21)18(22)23/h2-3,5-6,8-9,11,13,17H,4,7,10,12H2,1H3,(H,20,24)(H,22,23). The van der Waals surface area contributed by atoms with Crippen LogP contribution in [0.5, 0.6) is 0 Å². The van der Waals surface area contributed by atoms with Gasteiger partial charge in [-0.1, -0.05) is 36.4 Å². The fourth-order valence-electron chi connectivity index (χ4n) is 3.20. The van der Waals surface area contributed by atoms with Gasteiger partial charge in [0.25, 0.3) is 0 Å². The van der Waals surface area contributed by atoms with Gasteiger partial charge in [-0.15, -0.1) is 0 Å². The van der Waals surface area contributed by atoms with Crippen molar-refractivity contribution < 1.29 is 14.7 Å². The number of rotatable bonds is 3. The Balaban J connectivity index is 1.67. The van der Waals surface area contributed by atoms with Gasteiger partial charge in [-0.05, 0) is 42.2 Å². The highest BCUT2D eigenvalue weighted by Crippen LogP contribution is 2.21. The van der Waals surface area contributed by atoms with Gasteiger partial charge in [0.2, 0.25) is 0 Å². The Bertz CT molecular complexity index is 759. The van der Waals surface area contributed by atoms with Gasteiger partial charge >= 0.3 is 12.0 Å². The lowest BCUT2D eigenvalue weighted by Gasteiger charge is -2.31. The van der Waals surface area contributed by atoms with E-state index < -0.39 is 11.9 Å². The van der Waals surface area contributed by atoms with Gasteiger partial charge in [0.1, 0.15) is 0 Å². The van der Waals surface area contributed by atoms with Crippen LogP contribution >= 0.6 is 0 Å². The number of carboxylic acids is 1. The number of piperidine rings is 1. The van der Waals surface area contributed by atoms with Gasteiger partial charge in [0.15, 0.2) is 0 Å². The zero-order chi connectivity index (χ0) is 17.1. The van der Waals surface area contributed by atoms with Crippen LogP contribution in [0.1, 0.15) is 31.4 Å². The number of carboxylic acid groups (broad SMARTS) is 1. The van der Waals surface area contributed by atoms with Gasteiger partial charge in [0.05, 0.1) is 12.0 Å². The summed E-state index contributed by atoms with van der Waals surface area (Å²) < 4.78 is 0. The number of hydrogen-bond acceptors (Lipinski definition) is 2. The molecule has 0 radical (unpaired) electrons. The van der Waals surface area contributed by atoms with E-state index in [2.05, 4.69) is 29.6 Å². The topological polar surface area (TPSA) is 69.6 Å². The summed E-state index contributed by atoms with van der Waals surface area (Å²) in [4.78, 5) is 25.2. The van der Waals surface area contributed by atoms with Gasteiger partial charge < -0.3 is 15.3 Å². The Morgan fingerprint density at radius 1 is 1.21 bits per heavy atom. The highest BCUT2D eigenvalue weighted by molar-refractivity contribution is 5.83. The second kappa shape index (κ2) is 6.91. The lowest BCUT2D eigenvalue weighted by atomic mass is 9.98. The number of urea groups is 1. The van der Waals surface area contributed by atoms with E-state index in [4.69, 9.17) is 5.11 Å². The van der Waals surface area contributed by atoms with Crippen molar-refractivity contribution in [1.82, 2.24) is 10.2 Å². The molecule has 1 fully saturated rings. The number of nitrogens with zero attached hydrogens (tertiary/aromatic N) is 1. The van der Waals surface area contributed by atoms with Crippen molar-refractivity contribution in [2.75, 3.05) is 13.1 Å². The van der Waals surface area contributed by atoms with Gasteiger partial charge in [0, 0.05) is 13.1 Å². The molecule has 2 aromatic carbocycles. The van der Waals surface area contributed by atoms with E-state index in [0.29, 0.717) is 13.0 Å². The lowest BCUT2D eigenvalue weighted by molar-refractivity contribution is -0.143. The second-order valence-corrected chi connectivity index (χ2v) is 6.40. The Morgan fingerprint density at radius 3 is 2.71 bits per heavy atom. The highest BCUT2D eigenvalue weighted by atomic mass is 16.4. The summed E-state index contributed by atoms with van der Waals surface area (Å²) >= 11 is 0. The van der Waals surface area contributed by atoms with Crippen molar-refractivity contribution >= 4 is 22.8 Å². The molecule has 0 aromatic heterocycles. The molecule has 1 heterocycles. The minimum absolute atomic E-state index is 0.132. The summed E-state index contributed by atoms with van der Waals surface area (Å²) in [6, 6.07) is 13.9. The minimum Gasteiger partial charge on any atom is -0.481 e. The van der Waals surface area contributed by atoms with Crippen LogP contribution in [0.25, 0.3) is 10.8 Å². The third-order valence-corrected chi connectivity index (χ3v) is 4.67. The van der Waals surface area contributed by atoms with Crippen molar-refractivity contribution in [2.24, 2.45) is 5.92 Å². The third-order valence-electron chi connectivity index (χ3n) is 4.67. The number of likely N-dealkylation sites (tertiary alicyclic amines) is 1. The van der Waals surface area contributed by atoms with Crippen LogP contribution in [0.15, 0.2) is 42.5 Å². The summed E-state index contributed by atoms with van der Waals surface area (Å²) in [6.07, 6.45) is 1.37. The maximum Gasteiger partial charge on any atom is 0.317 e. The molecule has 5 heteroatoms. The first-order valence-electron chi connectivity index (χ1n) is 8.31. The smallest absolute Gasteiger partial charge is 0.317 e. The molecule has 1 saturated heterocycles. The third kappa shape index (κ3) is 3.50. The molecule has 2 amide bonds. The molecule has 1 aliphatic rings. The first kappa shape index (κ1) is 16.3. The van der Waals surface area contributed by atoms with Crippen LogP contribution in [-0.4, -0.2) is 35.1 Å². The predicted octanol–water partition coefficient (Wildman–Crippen LogP) is 3.41. The van der Waals surface area contributed by atoms with Crippen LogP contribution in [0.4, 0.5) is 4.79 Å². The van der Waals surface area contributed by atoms with E-state index in [9.17, 15) is 9.59 Å². The number of fused-ring (bicyclic) bond motifs is 1. The fraction of sp³-hybridized carbons (Fsp3) is 0.368. The molecule has 0 saturated carbocycles. The SMILES string of the molecule is CC(NC(=O)N1CCCC(C(=O)O)C1)c1ccc2ccccc2c1. The summed E-state index contributed by atoms with van der Waals surface area (Å²) in [5.41, 5.74) is 1.04. The van der Waals surface area contributed by atoms with Gasteiger partial charge in [-0.2, -0.15) is 0 Å². The van der Waals surface area contributed by atoms with Crippen molar-refractivity contribution in [2.45, 2.75) is 25.8 Å². The predicted molar refractivity (Wildman–Crippen MR) is 92.8 cm³/mol. The number of carbonyl (C=O) groups excluding carboxylic acids is 1. The summed E-state index contributed by atoms with van der Waals surface area (Å²) in [7, 11) is 0. The lowest BCUT2D eigenvalue weighted by Crippen LogP contribution is -2.47. The monoisotopic (exact) mass is 326 g/mol. The van der Waals surface area contributed by atoms with Crippen LogP contribution in [0.2, 0.25) is 0 Å².